The highest BCUT2D eigenvalue weighted by molar-refractivity contribution is 7.16. The number of thiophene rings is 1. The molecule has 5 heteroatoms. The second-order valence-electron chi connectivity index (χ2n) is 13.3. The highest BCUT2D eigenvalue weighted by atomic mass is 32.1. The Hall–Kier alpha value is -4.71. The smallest absolute Gasteiger partial charge is 0.137 e. The lowest BCUT2D eigenvalue weighted by Gasteiger charge is -2.35. The van der Waals surface area contributed by atoms with Gasteiger partial charge in [0, 0.05) is 49.6 Å². The molecule has 4 nitrogen and oxygen atoms in total. The summed E-state index contributed by atoms with van der Waals surface area (Å²) in [5, 5.41) is 18.6. The summed E-state index contributed by atoms with van der Waals surface area (Å²) in [6.45, 7) is 13.7. The molecule has 44 heavy (non-hydrogen) atoms. The lowest BCUT2D eigenvalue weighted by Crippen LogP contribution is -2.26. The molecule has 0 radical (unpaired) electrons. The monoisotopic (exact) mass is 590 g/mol. The van der Waals surface area contributed by atoms with Gasteiger partial charge >= 0.3 is 0 Å². The Balaban J connectivity index is 1.36. The van der Waals surface area contributed by atoms with E-state index in [0.717, 1.165) is 32.5 Å². The van der Waals surface area contributed by atoms with Gasteiger partial charge in [0.05, 0.1) is 0 Å². The number of benzene rings is 2. The van der Waals surface area contributed by atoms with Crippen molar-refractivity contribution in [2.75, 3.05) is 4.90 Å². The molecule has 7 rings (SSSR count). The van der Waals surface area contributed by atoms with Crippen molar-refractivity contribution in [3.05, 3.63) is 129 Å². The zero-order valence-corrected chi connectivity index (χ0v) is 26.8. The van der Waals surface area contributed by atoms with Gasteiger partial charge in [0.15, 0.2) is 0 Å². The van der Waals surface area contributed by atoms with E-state index in [2.05, 4.69) is 119 Å². The molecule has 0 bridgehead atoms. The lowest BCUT2D eigenvalue weighted by molar-refractivity contribution is 0.546. The van der Waals surface area contributed by atoms with Gasteiger partial charge in [-0.05, 0) is 71.5 Å². The van der Waals surface area contributed by atoms with Gasteiger partial charge in [-0.2, -0.15) is 10.5 Å². The molecule has 0 spiro atoms. The second-order valence-corrected chi connectivity index (χ2v) is 14.4. The van der Waals surface area contributed by atoms with Crippen LogP contribution in [0.2, 0.25) is 0 Å². The van der Waals surface area contributed by atoms with E-state index in [-0.39, 0.29) is 16.4 Å². The fraction of sp³-hybridized carbons (Fsp3) is 0.256. The fourth-order valence-corrected chi connectivity index (χ4v) is 8.78. The quantitative estimate of drug-likeness (QED) is 0.222. The summed E-state index contributed by atoms with van der Waals surface area (Å²) in [6, 6.07) is 26.0. The molecule has 3 aliphatic carbocycles. The first-order chi connectivity index (χ1) is 21.0. The van der Waals surface area contributed by atoms with Gasteiger partial charge in [-0.1, -0.05) is 88.2 Å². The molecule has 0 amide bonds. The Labute approximate surface area is 263 Å². The number of aryl methyl sites for hydroxylation is 1. The predicted molar refractivity (Wildman–Crippen MR) is 180 cm³/mol. The molecule has 0 fully saturated rings. The zero-order chi connectivity index (χ0) is 31.0. The molecule has 3 aliphatic rings. The van der Waals surface area contributed by atoms with Crippen molar-refractivity contribution in [2.45, 2.75) is 58.3 Å². The molecule has 2 unspecified atom stereocenters. The summed E-state index contributed by atoms with van der Waals surface area (Å²) in [4.78, 5) is 9.52. The average molecular weight is 591 g/mol. The number of allylic oxidation sites excluding steroid dienone is 4. The van der Waals surface area contributed by atoms with Gasteiger partial charge in [-0.3, -0.25) is 4.90 Å². The highest BCUT2D eigenvalue weighted by Gasteiger charge is 2.45. The van der Waals surface area contributed by atoms with Crippen LogP contribution in [0.3, 0.4) is 0 Å². The normalized spacial score (nSPS) is 19.7. The van der Waals surface area contributed by atoms with Crippen LogP contribution in [-0.2, 0) is 10.8 Å². The van der Waals surface area contributed by atoms with Gasteiger partial charge < -0.3 is 0 Å². The Morgan fingerprint density at radius 2 is 1.66 bits per heavy atom. The fourth-order valence-electron chi connectivity index (χ4n) is 7.49. The lowest BCUT2D eigenvalue weighted by atomic mass is 9.75. The van der Waals surface area contributed by atoms with Gasteiger partial charge in [-0.25, -0.2) is 4.98 Å². The van der Waals surface area contributed by atoms with E-state index in [1.807, 2.05) is 18.3 Å². The maximum atomic E-state index is 9.28. The van der Waals surface area contributed by atoms with Crippen LogP contribution < -0.4 is 4.90 Å². The van der Waals surface area contributed by atoms with Crippen LogP contribution in [0.5, 0.6) is 0 Å². The minimum absolute atomic E-state index is 0.0568. The minimum atomic E-state index is -0.254. The number of aromatic nitrogens is 1. The first-order valence-electron chi connectivity index (χ1n) is 15.1. The number of nitrogens with zero attached hydrogens (tertiary/aromatic N) is 4. The van der Waals surface area contributed by atoms with Gasteiger partial charge in [0.25, 0.3) is 0 Å². The summed E-state index contributed by atoms with van der Waals surface area (Å²) in [7, 11) is 0. The number of fused-ring (bicyclic) bond motifs is 6. The molecular weight excluding hydrogens is 557 g/mol. The van der Waals surface area contributed by atoms with E-state index >= 15 is 0 Å². The van der Waals surface area contributed by atoms with Crippen molar-refractivity contribution < 1.29 is 0 Å². The van der Waals surface area contributed by atoms with E-state index in [1.54, 1.807) is 17.4 Å². The van der Waals surface area contributed by atoms with Gasteiger partial charge in [-0.15, -0.1) is 11.3 Å². The van der Waals surface area contributed by atoms with Gasteiger partial charge in [0.1, 0.15) is 23.5 Å². The number of rotatable bonds is 4. The summed E-state index contributed by atoms with van der Waals surface area (Å²) in [6.07, 6.45) is 8.53. The molecule has 0 N–H and O–H groups in total. The first-order valence-corrected chi connectivity index (χ1v) is 15.9. The van der Waals surface area contributed by atoms with E-state index < -0.39 is 0 Å². The summed E-state index contributed by atoms with van der Waals surface area (Å²) in [5.41, 5.74) is 11.2. The van der Waals surface area contributed by atoms with Crippen molar-refractivity contribution in [3.63, 3.8) is 0 Å². The highest BCUT2D eigenvalue weighted by Crippen LogP contribution is 2.57. The standard InChI is InChI=1S/C39H34N4S/c1-23-11-13-26(14-12-23)43(27-15-24(2)36-29-9-7-8-10-31(29)38(3,4)33(36)17-27)35-19-32-30(22-42-35)37-34(39(32,5)6)18-28(44-37)16-25(20-40)21-41/h7-19,22,24,36H,1-6H3. The summed E-state index contributed by atoms with van der Waals surface area (Å²) >= 11 is 1.62. The van der Waals surface area contributed by atoms with E-state index in [9.17, 15) is 10.5 Å². The topological polar surface area (TPSA) is 63.7 Å². The van der Waals surface area contributed by atoms with Crippen molar-refractivity contribution in [2.24, 2.45) is 5.92 Å². The first kappa shape index (κ1) is 28.1. The molecule has 0 saturated heterocycles. The Bertz CT molecular complexity index is 2010. The molecule has 0 aliphatic heterocycles. The number of hydrogen-bond donors (Lipinski definition) is 0. The molecule has 2 heterocycles. The maximum absolute atomic E-state index is 9.28. The van der Waals surface area contributed by atoms with E-state index in [0.29, 0.717) is 11.8 Å². The third kappa shape index (κ3) is 4.11. The van der Waals surface area contributed by atoms with Crippen LogP contribution in [0, 0.1) is 35.5 Å². The van der Waals surface area contributed by atoms with Crippen molar-refractivity contribution >= 4 is 28.9 Å². The largest absolute Gasteiger partial charge is 0.295 e. The number of nitriles is 2. The Morgan fingerprint density at radius 3 is 2.39 bits per heavy atom. The van der Waals surface area contributed by atoms with Crippen LogP contribution in [0.15, 0.2) is 95.9 Å². The molecule has 216 valence electrons. The van der Waals surface area contributed by atoms with E-state index in [4.69, 9.17) is 4.98 Å². The van der Waals surface area contributed by atoms with Crippen molar-refractivity contribution in [1.29, 1.82) is 10.5 Å². The number of pyridine rings is 1. The Morgan fingerprint density at radius 1 is 0.932 bits per heavy atom. The molecule has 2 aromatic heterocycles. The Kier molecular flexibility index (Phi) is 6.33. The third-order valence-corrected chi connectivity index (χ3v) is 10.9. The molecular formula is C39H34N4S. The predicted octanol–water partition coefficient (Wildman–Crippen LogP) is 9.86. The average Bonchev–Trinajstić information content (AvgIpc) is 3.60. The van der Waals surface area contributed by atoms with Crippen LogP contribution in [0.1, 0.15) is 73.2 Å². The molecule has 0 saturated carbocycles. The van der Waals surface area contributed by atoms with Crippen LogP contribution in [0.4, 0.5) is 11.5 Å². The summed E-state index contributed by atoms with van der Waals surface area (Å²) in [5.74, 6) is 1.60. The van der Waals surface area contributed by atoms with Crippen LogP contribution in [-0.4, -0.2) is 4.98 Å². The number of anilines is 2. The van der Waals surface area contributed by atoms with Crippen LogP contribution >= 0.6 is 11.3 Å². The third-order valence-electron chi connectivity index (χ3n) is 9.83. The van der Waals surface area contributed by atoms with Gasteiger partial charge in [0.2, 0.25) is 0 Å². The SMILES string of the molecule is Cc1ccc(N(C2=CC(C)C3C(=C2)C(C)(C)c2ccccc23)c2cc3c(cn2)-c2sc(C=C(C#N)C#N)cc2C3(C)C)cc1. The molecule has 2 atom stereocenters. The maximum Gasteiger partial charge on any atom is 0.137 e. The van der Waals surface area contributed by atoms with E-state index in [1.165, 1.54) is 33.4 Å². The molecule has 2 aromatic carbocycles. The van der Waals surface area contributed by atoms with Crippen molar-refractivity contribution in [3.8, 4) is 22.6 Å². The molecule has 4 aromatic rings. The second kappa shape index (κ2) is 9.91. The zero-order valence-electron chi connectivity index (χ0n) is 25.9. The van der Waals surface area contributed by atoms with Crippen molar-refractivity contribution in [1.82, 2.24) is 4.98 Å². The number of hydrogen-bond acceptors (Lipinski definition) is 5. The van der Waals surface area contributed by atoms with Crippen LogP contribution in [0.25, 0.3) is 16.5 Å². The summed E-state index contributed by atoms with van der Waals surface area (Å²) < 4.78 is 0. The minimum Gasteiger partial charge on any atom is -0.295 e.